The molecule has 1 aromatic carbocycles. The van der Waals surface area contributed by atoms with Crippen molar-refractivity contribution < 1.29 is 19.0 Å². The minimum Gasteiger partial charge on any atom is -0.490 e. The molecule has 2 aliphatic rings. The van der Waals surface area contributed by atoms with Gasteiger partial charge < -0.3 is 24.0 Å². The first-order valence-corrected chi connectivity index (χ1v) is 10.7. The quantitative estimate of drug-likeness (QED) is 0.689. The molecule has 6 nitrogen and oxygen atoms in total. The van der Waals surface area contributed by atoms with E-state index in [-0.39, 0.29) is 12.2 Å². The zero-order valence-electron chi connectivity index (χ0n) is 17.5. The second-order valence-electron chi connectivity index (χ2n) is 8.48. The number of ether oxygens (including phenoxy) is 3. The number of methoxy groups -OCH3 is 1. The van der Waals surface area contributed by atoms with Gasteiger partial charge in [0, 0.05) is 31.2 Å². The molecule has 0 radical (unpaired) electrons. The molecule has 0 fully saturated rings. The van der Waals surface area contributed by atoms with E-state index in [1.807, 2.05) is 25.7 Å². The van der Waals surface area contributed by atoms with Gasteiger partial charge in [0.25, 0.3) is 0 Å². The van der Waals surface area contributed by atoms with Gasteiger partial charge in [0.15, 0.2) is 0 Å². The second-order valence-corrected chi connectivity index (χ2v) is 9.28. The molecular weight excluding hydrogens is 424 g/mol. The molecule has 2 heterocycles. The summed E-state index contributed by atoms with van der Waals surface area (Å²) in [5, 5.41) is 0. The average molecular weight is 455 g/mol. The molecule has 1 amide bonds. The zero-order chi connectivity index (χ0) is 20.5. The Morgan fingerprint density at radius 2 is 2.00 bits per heavy atom. The fourth-order valence-corrected chi connectivity index (χ4v) is 4.57. The standard InChI is InChI=1S/C21H31BrN2O4/c1-14(26-5)13-24-10-11-27-17-12-15-6-8-23(20(25)28-21(2,3)4)9-7-16(15)18(22)19(17)24/h12,14H,6-11,13H2,1-5H3. The summed E-state index contributed by atoms with van der Waals surface area (Å²) in [6.45, 7) is 11.4. The number of fused-ring (bicyclic) bond motifs is 2. The lowest BCUT2D eigenvalue weighted by atomic mass is 10.00. The highest BCUT2D eigenvalue weighted by atomic mass is 79.9. The topological polar surface area (TPSA) is 51.2 Å². The van der Waals surface area contributed by atoms with Crippen LogP contribution in [0.25, 0.3) is 0 Å². The van der Waals surface area contributed by atoms with Crippen molar-refractivity contribution in [2.45, 2.75) is 52.2 Å². The molecule has 0 aromatic heterocycles. The molecule has 1 atom stereocenters. The van der Waals surface area contributed by atoms with Gasteiger partial charge in [-0.25, -0.2) is 4.79 Å². The fraction of sp³-hybridized carbons (Fsp3) is 0.667. The van der Waals surface area contributed by atoms with Crippen LogP contribution in [0.3, 0.4) is 0 Å². The molecular formula is C21H31BrN2O4. The van der Waals surface area contributed by atoms with E-state index in [1.54, 1.807) is 7.11 Å². The summed E-state index contributed by atoms with van der Waals surface area (Å²) in [4.78, 5) is 16.6. The molecule has 0 N–H and O–H groups in total. The van der Waals surface area contributed by atoms with E-state index in [0.717, 1.165) is 41.8 Å². The molecule has 1 aromatic rings. The molecule has 0 saturated carbocycles. The predicted molar refractivity (Wildman–Crippen MR) is 114 cm³/mol. The first kappa shape index (κ1) is 21.2. The molecule has 3 rings (SSSR count). The van der Waals surface area contributed by atoms with E-state index < -0.39 is 5.60 Å². The number of carbonyl (C=O) groups excluding carboxylic acids is 1. The van der Waals surface area contributed by atoms with Crippen molar-refractivity contribution in [3.8, 4) is 5.75 Å². The van der Waals surface area contributed by atoms with Crippen LogP contribution in [0.2, 0.25) is 0 Å². The lowest BCUT2D eigenvalue weighted by Crippen LogP contribution is -2.38. The van der Waals surface area contributed by atoms with Crippen LogP contribution in [-0.2, 0) is 22.3 Å². The molecule has 0 bridgehead atoms. The van der Waals surface area contributed by atoms with Gasteiger partial charge in [0.2, 0.25) is 0 Å². The Bertz CT molecular complexity index is 732. The third-order valence-electron chi connectivity index (χ3n) is 5.15. The lowest BCUT2D eigenvalue weighted by Gasteiger charge is -2.35. The Kier molecular flexibility index (Phi) is 6.44. The molecule has 7 heteroatoms. The Morgan fingerprint density at radius 3 is 2.68 bits per heavy atom. The van der Waals surface area contributed by atoms with Gasteiger partial charge in [-0.3, -0.25) is 0 Å². The van der Waals surface area contributed by atoms with Crippen molar-refractivity contribution in [2.24, 2.45) is 0 Å². The third kappa shape index (κ3) is 4.74. The summed E-state index contributed by atoms with van der Waals surface area (Å²) in [7, 11) is 1.74. The average Bonchev–Trinajstić information content (AvgIpc) is 2.83. The van der Waals surface area contributed by atoms with Gasteiger partial charge >= 0.3 is 6.09 Å². The molecule has 156 valence electrons. The van der Waals surface area contributed by atoms with E-state index in [0.29, 0.717) is 19.7 Å². The maximum atomic E-state index is 12.5. The van der Waals surface area contributed by atoms with E-state index in [1.165, 1.54) is 11.1 Å². The van der Waals surface area contributed by atoms with Crippen molar-refractivity contribution in [3.05, 3.63) is 21.7 Å². The molecule has 28 heavy (non-hydrogen) atoms. The van der Waals surface area contributed by atoms with Gasteiger partial charge in [-0.15, -0.1) is 0 Å². The number of halogens is 1. The minimum absolute atomic E-state index is 0.138. The second kappa shape index (κ2) is 8.49. The molecule has 0 aliphatic carbocycles. The summed E-state index contributed by atoms with van der Waals surface area (Å²) in [6, 6.07) is 2.15. The van der Waals surface area contributed by atoms with Crippen LogP contribution >= 0.6 is 15.9 Å². The number of hydrogen-bond acceptors (Lipinski definition) is 5. The molecule has 0 spiro atoms. The SMILES string of the molecule is COC(C)CN1CCOc2cc3c(c(Br)c21)CCN(C(=O)OC(C)(C)C)CC3. The number of carbonyl (C=O) groups is 1. The van der Waals surface area contributed by atoms with E-state index >= 15 is 0 Å². The van der Waals surface area contributed by atoms with Crippen molar-refractivity contribution in [1.29, 1.82) is 0 Å². The summed E-state index contributed by atoms with van der Waals surface area (Å²) < 4.78 is 18.1. The summed E-state index contributed by atoms with van der Waals surface area (Å²) in [6.07, 6.45) is 1.47. The normalized spacial score (nSPS) is 17.9. The van der Waals surface area contributed by atoms with E-state index in [9.17, 15) is 4.79 Å². The Hall–Kier alpha value is -1.47. The highest BCUT2D eigenvalue weighted by Crippen LogP contribution is 2.43. The van der Waals surface area contributed by atoms with Crippen LogP contribution in [0, 0.1) is 0 Å². The summed E-state index contributed by atoms with van der Waals surface area (Å²) in [5.74, 6) is 0.908. The Morgan fingerprint density at radius 1 is 1.29 bits per heavy atom. The van der Waals surface area contributed by atoms with Gasteiger partial charge in [-0.05, 0) is 73.7 Å². The number of rotatable bonds is 3. The maximum Gasteiger partial charge on any atom is 0.410 e. The lowest BCUT2D eigenvalue weighted by molar-refractivity contribution is 0.0258. The molecule has 1 unspecified atom stereocenters. The van der Waals surface area contributed by atoms with Crippen LogP contribution in [0.15, 0.2) is 10.5 Å². The predicted octanol–water partition coefficient (Wildman–Crippen LogP) is 4.02. The number of anilines is 1. The van der Waals surface area contributed by atoms with Gasteiger partial charge in [-0.1, -0.05) is 0 Å². The Balaban J connectivity index is 1.84. The number of nitrogens with zero attached hydrogens (tertiary/aromatic N) is 2. The highest BCUT2D eigenvalue weighted by Gasteiger charge is 2.29. The van der Waals surface area contributed by atoms with Gasteiger partial charge in [0.05, 0.1) is 18.3 Å². The van der Waals surface area contributed by atoms with Gasteiger partial charge in [0.1, 0.15) is 18.0 Å². The largest absolute Gasteiger partial charge is 0.490 e. The monoisotopic (exact) mass is 454 g/mol. The van der Waals surface area contributed by atoms with Gasteiger partial charge in [-0.2, -0.15) is 0 Å². The van der Waals surface area contributed by atoms with Crippen molar-refractivity contribution in [2.75, 3.05) is 44.8 Å². The van der Waals surface area contributed by atoms with Crippen molar-refractivity contribution >= 4 is 27.7 Å². The summed E-state index contributed by atoms with van der Waals surface area (Å²) >= 11 is 3.85. The first-order valence-electron chi connectivity index (χ1n) is 9.92. The maximum absolute atomic E-state index is 12.5. The van der Waals surface area contributed by atoms with Crippen molar-refractivity contribution in [1.82, 2.24) is 4.90 Å². The van der Waals surface area contributed by atoms with Crippen LogP contribution in [-0.4, -0.2) is 62.6 Å². The zero-order valence-corrected chi connectivity index (χ0v) is 19.1. The Labute approximate surface area is 176 Å². The van der Waals surface area contributed by atoms with E-state index in [2.05, 4.69) is 33.8 Å². The third-order valence-corrected chi connectivity index (χ3v) is 6.00. The van der Waals surface area contributed by atoms with Crippen LogP contribution < -0.4 is 9.64 Å². The van der Waals surface area contributed by atoms with Crippen molar-refractivity contribution in [3.63, 3.8) is 0 Å². The minimum atomic E-state index is -0.484. The van der Waals surface area contributed by atoms with Crippen LogP contribution in [0.4, 0.5) is 10.5 Å². The number of hydrogen-bond donors (Lipinski definition) is 0. The fourth-order valence-electron chi connectivity index (χ4n) is 3.67. The molecule has 2 aliphatic heterocycles. The first-order chi connectivity index (χ1) is 13.2. The van der Waals surface area contributed by atoms with Crippen LogP contribution in [0.1, 0.15) is 38.8 Å². The van der Waals surface area contributed by atoms with Crippen LogP contribution in [0.5, 0.6) is 5.75 Å². The number of benzene rings is 1. The highest BCUT2D eigenvalue weighted by molar-refractivity contribution is 9.10. The smallest absolute Gasteiger partial charge is 0.410 e. The number of amides is 1. The van der Waals surface area contributed by atoms with E-state index in [4.69, 9.17) is 14.2 Å². The molecule has 0 saturated heterocycles. The summed E-state index contributed by atoms with van der Waals surface area (Å²) in [5.41, 5.74) is 3.10.